The van der Waals surface area contributed by atoms with Crippen molar-refractivity contribution >= 4 is 28.2 Å². The molecule has 0 bridgehead atoms. The minimum atomic E-state index is -0.551. The molecule has 1 aliphatic rings. The van der Waals surface area contributed by atoms with Crippen LogP contribution in [0.25, 0.3) is 0 Å². The molecule has 0 saturated carbocycles. The Kier molecular flexibility index (Phi) is 3.53. The average molecular weight is 269 g/mol. The molecule has 1 fully saturated rings. The number of nitrogen functional groups attached to an aromatic ring is 1. The number of nitrogens with zero attached hydrogens (tertiary/aromatic N) is 1. The number of primary amides is 1. The van der Waals surface area contributed by atoms with Gasteiger partial charge in [0.2, 0.25) is 0 Å². The lowest BCUT2D eigenvalue weighted by atomic mass is 10.1. The van der Waals surface area contributed by atoms with E-state index in [9.17, 15) is 9.59 Å². The van der Waals surface area contributed by atoms with Gasteiger partial charge < -0.3 is 21.1 Å². The molecule has 2 amide bonds. The van der Waals surface area contributed by atoms with E-state index in [0.717, 1.165) is 11.3 Å². The van der Waals surface area contributed by atoms with Gasteiger partial charge in [0.15, 0.2) is 0 Å². The lowest BCUT2D eigenvalue weighted by Gasteiger charge is -2.27. The Labute approximate surface area is 108 Å². The van der Waals surface area contributed by atoms with Crippen LogP contribution in [0.2, 0.25) is 0 Å². The minimum absolute atomic E-state index is 0.156. The molecule has 0 aromatic carbocycles. The number of morpholine rings is 1. The van der Waals surface area contributed by atoms with E-state index in [2.05, 4.69) is 0 Å². The third kappa shape index (κ3) is 2.19. The quantitative estimate of drug-likeness (QED) is 0.801. The molecule has 98 valence electrons. The predicted octanol–water partition coefficient (Wildman–Crippen LogP) is 0.210. The van der Waals surface area contributed by atoms with Crippen molar-refractivity contribution in [3.63, 3.8) is 0 Å². The summed E-state index contributed by atoms with van der Waals surface area (Å²) in [5.41, 5.74) is 12.0. The zero-order chi connectivity index (χ0) is 13.3. The van der Waals surface area contributed by atoms with E-state index in [0.29, 0.717) is 47.3 Å². The van der Waals surface area contributed by atoms with Gasteiger partial charge in [-0.25, -0.2) is 0 Å². The molecule has 2 rings (SSSR count). The van der Waals surface area contributed by atoms with Crippen molar-refractivity contribution in [3.05, 3.63) is 16.0 Å². The Balaban J connectivity index is 2.32. The van der Waals surface area contributed by atoms with E-state index in [1.807, 2.05) is 0 Å². The van der Waals surface area contributed by atoms with Crippen LogP contribution in [-0.4, -0.2) is 43.0 Å². The SMILES string of the molecule is Cc1c(C(N)=O)sc(N)c1C(=O)N1CCOCC1. The highest BCUT2D eigenvalue weighted by molar-refractivity contribution is 7.18. The molecule has 0 atom stereocenters. The summed E-state index contributed by atoms with van der Waals surface area (Å²) >= 11 is 1.07. The second-order valence-corrected chi connectivity index (χ2v) is 5.12. The molecule has 2 heterocycles. The van der Waals surface area contributed by atoms with Gasteiger partial charge in [0.25, 0.3) is 11.8 Å². The van der Waals surface area contributed by atoms with Crippen LogP contribution < -0.4 is 11.5 Å². The standard InChI is InChI=1S/C11H15N3O3S/c1-6-7(10(13)18-8(6)9(12)15)11(16)14-2-4-17-5-3-14/h2-5,13H2,1H3,(H2,12,15). The van der Waals surface area contributed by atoms with Gasteiger partial charge in [-0.15, -0.1) is 11.3 Å². The molecule has 4 N–H and O–H groups in total. The first kappa shape index (κ1) is 12.8. The van der Waals surface area contributed by atoms with E-state index in [1.54, 1.807) is 11.8 Å². The second kappa shape index (κ2) is 4.95. The minimum Gasteiger partial charge on any atom is -0.390 e. The fourth-order valence-electron chi connectivity index (χ4n) is 1.96. The first-order valence-electron chi connectivity index (χ1n) is 5.58. The van der Waals surface area contributed by atoms with Crippen LogP contribution in [-0.2, 0) is 4.74 Å². The molecule has 0 unspecified atom stereocenters. The van der Waals surface area contributed by atoms with Crippen LogP contribution >= 0.6 is 11.3 Å². The first-order valence-corrected chi connectivity index (χ1v) is 6.39. The Morgan fingerprint density at radius 1 is 1.33 bits per heavy atom. The predicted molar refractivity (Wildman–Crippen MR) is 68.7 cm³/mol. The maximum Gasteiger partial charge on any atom is 0.259 e. The van der Waals surface area contributed by atoms with E-state index in [1.165, 1.54) is 0 Å². The summed E-state index contributed by atoms with van der Waals surface area (Å²) in [6, 6.07) is 0. The van der Waals surface area contributed by atoms with Gasteiger partial charge in [-0.1, -0.05) is 0 Å². The van der Waals surface area contributed by atoms with Crippen molar-refractivity contribution in [2.24, 2.45) is 5.73 Å². The fourth-order valence-corrected chi connectivity index (χ4v) is 2.88. The number of hydrogen-bond donors (Lipinski definition) is 2. The van der Waals surface area contributed by atoms with Gasteiger partial charge in [0, 0.05) is 13.1 Å². The molecule has 0 aliphatic carbocycles. The van der Waals surface area contributed by atoms with Crippen molar-refractivity contribution < 1.29 is 14.3 Å². The maximum atomic E-state index is 12.3. The lowest BCUT2D eigenvalue weighted by molar-refractivity contribution is 0.0303. The van der Waals surface area contributed by atoms with Crippen molar-refractivity contribution in [2.75, 3.05) is 32.0 Å². The fraction of sp³-hybridized carbons (Fsp3) is 0.455. The van der Waals surface area contributed by atoms with Crippen molar-refractivity contribution in [3.8, 4) is 0 Å². The molecule has 18 heavy (non-hydrogen) atoms. The third-order valence-electron chi connectivity index (χ3n) is 2.91. The number of carbonyl (C=O) groups excluding carboxylic acids is 2. The Bertz CT molecular complexity index is 492. The van der Waals surface area contributed by atoms with Crippen LogP contribution in [0.4, 0.5) is 5.00 Å². The molecule has 6 nitrogen and oxygen atoms in total. The number of anilines is 1. The Morgan fingerprint density at radius 3 is 2.44 bits per heavy atom. The lowest BCUT2D eigenvalue weighted by Crippen LogP contribution is -2.41. The normalized spacial score (nSPS) is 15.7. The van der Waals surface area contributed by atoms with Crippen LogP contribution in [0, 0.1) is 6.92 Å². The average Bonchev–Trinajstić information content (AvgIpc) is 2.65. The van der Waals surface area contributed by atoms with Gasteiger partial charge >= 0.3 is 0 Å². The van der Waals surface area contributed by atoms with Gasteiger partial charge in [-0.2, -0.15) is 0 Å². The number of hydrogen-bond acceptors (Lipinski definition) is 5. The number of rotatable bonds is 2. The van der Waals surface area contributed by atoms with E-state index in [-0.39, 0.29) is 5.91 Å². The number of ether oxygens (including phenoxy) is 1. The topological polar surface area (TPSA) is 98.7 Å². The molecule has 0 radical (unpaired) electrons. The summed E-state index contributed by atoms with van der Waals surface area (Å²) < 4.78 is 5.19. The second-order valence-electron chi connectivity index (χ2n) is 4.06. The highest BCUT2D eigenvalue weighted by Crippen LogP contribution is 2.31. The van der Waals surface area contributed by atoms with Crippen molar-refractivity contribution in [1.82, 2.24) is 4.90 Å². The van der Waals surface area contributed by atoms with Gasteiger partial charge in [0.05, 0.1) is 28.7 Å². The van der Waals surface area contributed by atoms with Crippen LogP contribution in [0.1, 0.15) is 25.6 Å². The molecule has 1 aromatic heterocycles. The highest BCUT2D eigenvalue weighted by Gasteiger charge is 2.26. The largest absolute Gasteiger partial charge is 0.390 e. The number of nitrogens with two attached hydrogens (primary N) is 2. The molecule has 7 heteroatoms. The smallest absolute Gasteiger partial charge is 0.259 e. The zero-order valence-electron chi connectivity index (χ0n) is 10.1. The van der Waals surface area contributed by atoms with Crippen molar-refractivity contribution in [2.45, 2.75) is 6.92 Å². The number of amides is 2. The molecule has 1 saturated heterocycles. The summed E-state index contributed by atoms with van der Waals surface area (Å²) in [5.74, 6) is -0.706. The zero-order valence-corrected chi connectivity index (χ0v) is 10.9. The summed E-state index contributed by atoms with van der Waals surface area (Å²) in [4.78, 5) is 25.6. The van der Waals surface area contributed by atoms with E-state index >= 15 is 0 Å². The van der Waals surface area contributed by atoms with Crippen LogP contribution in [0.15, 0.2) is 0 Å². The third-order valence-corrected chi connectivity index (χ3v) is 4.05. The van der Waals surface area contributed by atoms with Gasteiger partial charge in [0.1, 0.15) is 0 Å². The van der Waals surface area contributed by atoms with E-state index in [4.69, 9.17) is 16.2 Å². The Hall–Kier alpha value is -1.60. The Morgan fingerprint density at radius 2 is 1.94 bits per heavy atom. The highest BCUT2D eigenvalue weighted by atomic mass is 32.1. The molecule has 1 aliphatic heterocycles. The number of carbonyl (C=O) groups is 2. The molecular weight excluding hydrogens is 254 g/mol. The molecule has 1 aromatic rings. The van der Waals surface area contributed by atoms with Gasteiger partial charge in [-0.05, 0) is 12.5 Å². The van der Waals surface area contributed by atoms with Crippen LogP contribution in [0.5, 0.6) is 0 Å². The van der Waals surface area contributed by atoms with Gasteiger partial charge in [-0.3, -0.25) is 9.59 Å². The summed E-state index contributed by atoms with van der Waals surface area (Å²) in [5, 5.41) is 0.345. The van der Waals surface area contributed by atoms with E-state index < -0.39 is 5.91 Å². The molecule has 0 spiro atoms. The first-order chi connectivity index (χ1) is 8.52. The summed E-state index contributed by atoms with van der Waals surface area (Å²) in [7, 11) is 0. The monoisotopic (exact) mass is 269 g/mol. The summed E-state index contributed by atoms with van der Waals surface area (Å²) in [6.45, 7) is 3.83. The molecular formula is C11H15N3O3S. The van der Waals surface area contributed by atoms with Crippen LogP contribution in [0.3, 0.4) is 0 Å². The maximum absolute atomic E-state index is 12.3. The number of thiophene rings is 1. The summed E-state index contributed by atoms with van der Waals surface area (Å²) in [6.07, 6.45) is 0. The van der Waals surface area contributed by atoms with Crippen molar-refractivity contribution in [1.29, 1.82) is 0 Å².